The number of amides is 2. The highest BCUT2D eigenvalue weighted by Gasteiger charge is 2.51. The van der Waals surface area contributed by atoms with Crippen molar-refractivity contribution in [3.05, 3.63) is 35.9 Å². The van der Waals surface area contributed by atoms with Crippen LogP contribution in [-0.2, 0) is 15.0 Å². The van der Waals surface area contributed by atoms with E-state index >= 15 is 0 Å². The number of likely N-dealkylation sites (tertiary alicyclic amines) is 1. The normalized spacial score (nSPS) is 35.6. The number of ether oxygens (including phenoxy) is 2. The third kappa shape index (κ3) is 4.20. The smallest absolute Gasteiger partial charge is 0.410 e. The zero-order chi connectivity index (χ0) is 22.5. The number of rotatable bonds is 3. The molecule has 6 heteroatoms. The summed E-state index contributed by atoms with van der Waals surface area (Å²) in [5.74, 6) is 2.78. The van der Waals surface area contributed by atoms with Crippen LogP contribution in [0.4, 0.5) is 9.59 Å². The maximum Gasteiger partial charge on any atom is 0.410 e. The second kappa shape index (κ2) is 7.96. The first-order valence-corrected chi connectivity index (χ1v) is 12.2. The van der Waals surface area contributed by atoms with Crippen LogP contribution in [0.5, 0.6) is 0 Å². The number of nitrogens with zero attached hydrogens (tertiary/aromatic N) is 1. The van der Waals surface area contributed by atoms with Crippen LogP contribution >= 0.6 is 0 Å². The lowest BCUT2D eigenvalue weighted by Crippen LogP contribution is -2.52. The minimum atomic E-state index is -0.674. The summed E-state index contributed by atoms with van der Waals surface area (Å²) in [6.45, 7) is 6.50. The molecule has 0 aromatic heterocycles. The maximum absolute atomic E-state index is 13.2. The second-order valence-corrected chi connectivity index (χ2v) is 11.5. The van der Waals surface area contributed by atoms with E-state index in [1.54, 1.807) is 4.90 Å². The third-order valence-electron chi connectivity index (χ3n) is 7.97. The molecule has 4 saturated carbocycles. The molecule has 0 radical (unpaired) electrons. The van der Waals surface area contributed by atoms with Crippen molar-refractivity contribution in [3.8, 4) is 0 Å². The van der Waals surface area contributed by atoms with E-state index in [0.29, 0.717) is 31.3 Å². The molecule has 6 nitrogen and oxygen atoms in total. The molecule has 0 unspecified atom stereocenters. The first-order chi connectivity index (χ1) is 15.2. The predicted octanol–water partition coefficient (Wildman–Crippen LogP) is 5.07. The number of alkyl carbamates (subject to hydrolysis) is 1. The van der Waals surface area contributed by atoms with Crippen molar-refractivity contribution < 1.29 is 19.1 Å². The van der Waals surface area contributed by atoms with Gasteiger partial charge in [0, 0.05) is 6.54 Å². The molecule has 1 N–H and O–H groups in total. The zero-order valence-corrected chi connectivity index (χ0v) is 19.5. The van der Waals surface area contributed by atoms with Gasteiger partial charge in [-0.15, -0.1) is 0 Å². The number of nitrogens with one attached hydrogen (secondary N) is 1. The number of carbonyl (C=O) groups is 2. The highest BCUT2D eigenvalue weighted by atomic mass is 16.6. The van der Waals surface area contributed by atoms with Crippen LogP contribution < -0.4 is 5.32 Å². The van der Waals surface area contributed by atoms with Gasteiger partial charge in [-0.25, -0.2) is 9.59 Å². The Labute approximate surface area is 191 Å². The number of carbonyl (C=O) groups excluding carboxylic acids is 2. The van der Waals surface area contributed by atoms with Crippen molar-refractivity contribution in [2.24, 2.45) is 23.7 Å². The van der Waals surface area contributed by atoms with Crippen LogP contribution in [0.2, 0.25) is 0 Å². The highest BCUT2D eigenvalue weighted by molar-refractivity contribution is 5.71. The van der Waals surface area contributed by atoms with Crippen molar-refractivity contribution in [2.75, 3.05) is 13.1 Å². The predicted molar refractivity (Wildman–Crippen MR) is 121 cm³/mol. The Morgan fingerprint density at radius 3 is 2.22 bits per heavy atom. The lowest BCUT2D eigenvalue weighted by atomic mass is 9.55. The minimum absolute atomic E-state index is 0.0702. The largest absolute Gasteiger partial charge is 0.446 e. The molecular weight excluding hydrogens is 404 g/mol. The van der Waals surface area contributed by atoms with Gasteiger partial charge < -0.3 is 19.7 Å². The van der Waals surface area contributed by atoms with Crippen molar-refractivity contribution >= 4 is 12.2 Å². The lowest BCUT2D eigenvalue weighted by Gasteiger charge is -2.53. The summed E-state index contributed by atoms with van der Waals surface area (Å²) in [5, 5.41) is 3.09. The molecule has 1 heterocycles. The zero-order valence-electron chi connectivity index (χ0n) is 19.5. The van der Waals surface area contributed by atoms with Gasteiger partial charge in [-0.2, -0.15) is 0 Å². The molecule has 5 aliphatic rings. The van der Waals surface area contributed by atoms with Crippen LogP contribution in [-0.4, -0.2) is 41.9 Å². The average Bonchev–Trinajstić information content (AvgIpc) is 3.14. The quantitative estimate of drug-likeness (QED) is 0.712. The fourth-order valence-corrected chi connectivity index (χ4v) is 6.89. The monoisotopic (exact) mass is 440 g/mol. The third-order valence-corrected chi connectivity index (χ3v) is 7.97. The van der Waals surface area contributed by atoms with Crippen molar-refractivity contribution in [1.82, 2.24) is 10.2 Å². The molecule has 1 aromatic rings. The summed E-state index contributed by atoms with van der Waals surface area (Å²) in [4.78, 5) is 27.7. The summed E-state index contributed by atoms with van der Waals surface area (Å²) in [5.41, 5.74) is -0.276. The van der Waals surface area contributed by atoms with E-state index in [-0.39, 0.29) is 12.2 Å². The number of hydrogen-bond donors (Lipinski definition) is 1. The Morgan fingerprint density at radius 1 is 1.00 bits per heavy atom. The molecule has 0 spiro atoms. The van der Waals surface area contributed by atoms with Gasteiger partial charge in [0.1, 0.15) is 11.7 Å². The highest BCUT2D eigenvalue weighted by Crippen LogP contribution is 2.54. The van der Waals surface area contributed by atoms with Gasteiger partial charge in [0.15, 0.2) is 0 Å². The molecule has 1 aromatic carbocycles. The van der Waals surface area contributed by atoms with Gasteiger partial charge in [-0.05, 0) is 88.5 Å². The molecule has 4 bridgehead atoms. The van der Waals surface area contributed by atoms with E-state index < -0.39 is 17.2 Å². The van der Waals surface area contributed by atoms with E-state index in [9.17, 15) is 9.59 Å². The molecule has 174 valence electrons. The summed E-state index contributed by atoms with van der Waals surface area (Å²) in [6.07, 6.45) is 6.28. The molecule has 1 aliphatic heterocycles. The molecule has 2 amide bonds. The molecule has 1 atom stereocenters. The van der Waals surface area contributed by atoms with Crippen molar-refractivity contribution in [1.29, 1.82) is 0 Å². The van der Waals surface area contributed by atoms with Crippen LogP contribution in [0.15, 0.2) is 30.3 Å². The first-order valence-electron chi connectivity index (χ1n) is 12.2. The van der Waals surface area contributed by atoms with E-state index in [0.717, 1.165) is 17.4 Å². The second-order valence-electron chi connectivity index (χ2n) is 11.5. The maximum atomic E-state index is 13.2. The van der Waals surface area contributed by atoms with E-state index in [1.165, 1.54) is 32.1 Å². The van der Waals surface area contributed by atoms with Gasteiger partial charge in [0.25, 0.3) is 0 Å². The van der Waals surface area contributed by atoms with Crippen LogP contribution in [0.1, 0.15) is 64.9 Å². The fraction of sp³-hybridized carbons (Fsp3) is 0.692. The Kier molecular flexibility index (Phi) is 5.37. The minimum Gasteiger partial charge on any atom is -0.446 e. The molecule has 4 aliphatic carbocycles. The summed E-state index contributed by atoms with van der Waals surface area (Å²) >= 11 is 0. The Morgan fingerprint density at radius 2 is 1.62 bits per heavy atom. The van der Waals surface area contributed by atoms with Gasteiger partial charge in [0.2, 0.25) is 0 Å². The van der Waals surface area contributed by atoms with Gasteiger partial charge in [-0.1, -0.05) is 30.3 Å². The SMILES string of the molecule is CC(C)(C)OC(=O)N[C@]1(c2ccccc2)CCN(C(=O)OC2C3CC4CC(C3)CC2C4)C1. The Hall–Kier alpha value is -2.24. The standard InChI is InChI=1S/C26H36N2O4/c1-25(2,3)32-23(29)27-26(21-7-5-4-6-8-21)9-10-28(16-26)24(30)31-22-19-12-17-11-18(14-19)15-20(22)13-17/h4-8,17-20,22H,9-16H2,1-3H3,(H,27,29)/t17?,18?,19?,20?,22?,26-/m1/s1. The van der Waals surface area contributed by atoms with Crippen LogP contribution in [0.25, 0.3) is 0 Å². The topological polar surface area (TPSA) is 67.9 Å². The van der Waals surface area contributed by atoms with Gasteiger partial charge in [-0.3, -0.25) is 0 Å². The number of benzene rings is 1. The van der Waals surface area contributed by atoms with Crippen molar-refractivity contribution in [3.63, 3.8) is 0 Å². The Balaban J connectivity index is 1.29. The van der Waals surface area contributed by atoms with Crippen molar-refractivity contribution in [2.45, 2.75) is 76.5 Å². The average molecular weight is 441 g/mol. The molecular formula is C26H36N2O4. The summed E-state index contributed by atoms with van der Waals surface area (Å²) < 4.78 is 11.7. The summed E-state index contributed by atoms with van der Waals surface area (Å²) in [6, 6.07) is 9.89. The van der Waals surface area contributed by atoms with Crippen LogP contribution in [0.3, 0.4) is 0 Å². The van der Waals surface area contributed by atoms with Gasteiger partial charge >= 0.3 is 12.2 Å². The molecule has 5 fully saturated rings. The van der Waals surface area contributed by atoms with E-state index in [4.69, 9.17) is 9.47 Å². The number of hydrogen-bond acceptors (Lipinski definition) is 4. The molecule has 32 heavy (non-hydrogen) atoms. The summed E-state index contributed by atoms with van der Waals surface area (Å²) in [7, 11) is 0. The Bertz CT molecular complexity index is 836. The van der Waals surface area contributed by atoms with E-state index in [2.05, 4.69) is 5.32 Å². The van der Waals surface area contributed by atoms with Gasteiger partial charge in [0.05, 0.1) is 12.1 Å². The van der Waals surface area contributed by atoms with E-state index in [1.807, 2.05) is 51.1 Å². The first kappa shape index (κ1) is 21.6. The fourth-order valence-electron chi connectivity index (χ4n) is 6.89. The lowest BCUT2D eigenvalue weighted by molar-refractivity contribution is -0.102. The molecule has 6 rings (SSSR count). The molecule has 1 saturated heterocycles. The van der Waals surface area contributed by atoms with Crippen LogP contribution in [0, 0.1) is 23.7 Å².